The van der Waals surface area contributed by atoms with Gasteiger partial charge in [-0.15, -0.1) is 0 Å². The number of H-pyrrole nitrogens is 1. The second-order valence-corrected chi connectivity index (χ2v) is 3.82. The van der Waals surface area contributed by atoms with Crippen LogP contribution in [0.1, 0.15) is 11.1 Å². The van der Waals surface area contributed by atoms with Crippen molar-refractivity contribution in [2.24, 2.45) is 0 Å². The fraction of sp³-hybridized carbons (Fsp3) is 0.600. The molecule has 0 aliphatic heterocycles. The molecule has 0 amide bonds. The van der Waals surface area contributed by atoms with Gasteiger partial charge in [-0.05, 0) is 20.9 Å². The molecule has 0 fully saturated rings. The van der Waals surface area contributed by atoms with Gasteiger partial charge in [0.2, 0.25) is 0 Å². The van der Waals surface area contributed by atoms with Crippen molar-refractivity contribution in [1.82, 2.24) is 15.1 Å². The Balaban J connectivity index is 3.07. The molecule has 1 aromatic heterocycles. The first-order valence-corrected chi connectivity index (χ1v) is 5.10. The van der Waals surface area contributed by atoms with Gasteiger partial charge >= 0.3 is 0 Å². The lowest BCUT2D eigenvalue weighted by atomic mass is 10.2. The van der Waals surface area contributed by atoms with Crippen LogP contribution in [0.15, 0.2) is 9.59 Å². The highest BCUT2D eigenvalue weighted by Gasteiger charge is 2.10. The summed E-state index contributed by atoms with van der Waals surface area (Å²) in [6, 6.07) is 0. The summed E-state index contributed by atoms with van der Waals surface area (Å²) in [5.41, 5.74) is 0.269. The van der Waals surface area contributed by atoms with Crippen molar-refractivity contribution in [3.05, 3.63) is 31.8 Å². The third-order valence-electron chi connectivity index (χ3n) is 2.54. The SMILES string of the molecule is CNCC(O)Cn1[nH]c(=O)c(C)c(C)c1=O. The number of aliphatic hydroxyl groups is 1. The van der Waals surface area contributed by atoms with Gasteiger partial charge < -0.3 is 10.4 Å². The van der Waals surface area contributed by atoms with Crippen LogP contribution in [0.25, 0.3) is 0 Å². The highest BCUT2D eigenvalue weighted by molar-refractivity contribution is 5.17. The van der Waals surface area contributed by atoms with E-state index in [0.717, 1.165) is 4.68 Å². The Labute approximate surface area is 92.9 Å². The summed E-state index contributed by atoms with van der Waals surface area (Å²) in [4.78, 5) is 23.2. The van der Waals surface area contributed by atoms with Crippen molar-refractivity contribution in [2.75, 3.05) is 13.6 Å². The van der Waals surface area contributed by atoms with E-state index < -0.39 is 6.10 Å². The highest BCUT2D eigenvalue weighted by atomic mass is 16.3. The van der Waals surface area contributed by atoms with Gasteiger partial charge in [0.25, 0.3) is 11.1 Å². The molecule has 0 saturated heterocycles. The summed E-state index contributed by atoms with van der Waals surface area (Å²) in [6.45, 7) is 3.65. The van der Waals surface area contributed by atoms with Crippen molar-refractivity contribution in [1.29, 1.82) is 0 Å². The number of likely N-dealkylation sites (N-methyl/N-ethyl adjacent to an activating group) is 1. The molecule has 0 aromatic carbocycles. The van der Waals surface area contributed by atoms with E-state index in [0.29, 0.717) is 17.7 Å². The van der Waals surface area contributed by atoms with E-state index in [1.165, 1.54) is 0 Å². The van der Waals surface area contributed by atoms with Crippen LogP contribution >= 0.6 is 0 Å². The summed E-state index contributed by atoms with van der Waals surface area (Å²) in [5, 5.41) is 14.8. The average Bonchev–Trinajstić information content (AvgIpc) is 2.23. The summed E-state index contributed by atoms with van der Waals surface area (Å²) in [5.74, 6) is 0. The predicted molar refractivity (Wildman–Crippen MR) is 60.7 cm³/mol. The quantitative estimate of drug-likeness (QED) is 0.599. The van der Waals surface area contributed by atoms with E-state index in [1.54, 1.807) is 20.9 Å². The van der Waals surface area contributed by atoms with Crippen molar-refractivity contribution >= 4 is 0 Å². The molecular formula is C10H17N3O3. The van der Waals surface area contributed by atoms with Crippen LogP contribution in [0.3, 0.4) is 0 Å². The molecule has 1 atom stereocenters. The Morgan fingerprint density at radius 2 is 2.00 bits per heavy atom. The van der Waals surface area contributed by atoms with Crippen molar-refractivity contribution in [3.63, 3.8) is 0 Å². The largest absolute Gasteiger partial charge is 0.390 e. The maximum Gasteiger partial charge on any atom is 0.268 e. The van der Waals surface area contributed by atoms with Gasteiger partial charge in [0.15, 0.2) is 0 Å². The van der Waals surface area contributed by atoms with Crippen LogP contribution < -0.4 is 16.4 Å². The first kappa shape index (κ1) is 12.7. The van der Waals surface area contributed by atoms with Gasteiger partial charge in [-0.3, -0.25) is 14.7 Å². The molecule has 0 aliphatic rings. The number of hydrogen-bond acceptors (Lipinski definition) is 4. The maximum atomic E-state index is 11.7. The third-order valence-corrected chi connectivity index (χ3v) is 2.54. The average molecular weight is 227 g/mol. The van der Waals surface area contributed by atoms with Gasteiger partial charge in [0.05, 0.1) is 12.6 Å². The molecule has 6 heteroatoms. The third kappa shape index (κ3) is 2.59. The lowest BCUT2D eigenvalue weighted by Gasteiger charge is -2.12. The van der Waals surface area contributed by atoms with Crippen LogP contribution in [-0.2, 0) is 6.54 Å². The van der Waals surface area contributed by atoms with Crippen molar-refractivity contribution in [2.45, 2.75) is 26.5 Å². The molecule has 0 radical (unpaired) electrons. The van der Waals surface area contributed by atoms with Gasteiger partial charge in [0.1, 0.15) is 0 Å². The number of hydrogen-bond donors (Lipinski definition) is 3. The predicted octanol–water partition coefficient (Wildman–Crippen LogP) is -1.27. The Bertz CT molecular complexity index is 475. The number of rotatable bonds is 4. The lowest BCUT2D eigenvalue weighted by Crippen LogP contribution is -2.38. The molecule has 1 rings (SSSR count). The van der Waals surface area contributed by atoms with E-state index in [4.69, 9.17) is 0 Å². The second-order valence-electron chi connectivity index (χ2n) is 3.82. The van der Waals surface area contributed by atoms with Crippen LogP contribution in [0.2, 0.25) is 0 Å². The second kappa shape index (κ2) is 5.09. The lowest BCUT2D eigenvalue weighted by molar-refractivity contribution is 0.147. The zero-order chi connectivity index (χ0) is 12.3. The number of nitrogens with zero attached hydrogens (tertiary/aromatic N) is 1. The molecule has 0 aliphatic carbocycles. The topological polar surface area (TPSA) is 87.1 Å². The Morgan fingerprint density at radius 3 is 2.56 bits per heavy atom. The first-order valence-electron chi connectivity index (χ1n) is 5.10. The zero-order valence-corrected chi connectivity index (χ0v) is 9.70. The number of nitrogens with one attached hydrogen (secondary N) is 2. The monoisotopic (exact) mass is 227 g/mol. The van der Waals surface area contributed by atoms with Gasteiger partial charge in [-0.2, -0.15) is 0 Å². The van der Waals surface area contributed by atoms with E-state index in [1.807, 2.05) is 0 Å². The summed E-state index contributed by atoms with van der Waals surface area (Å²) < 4.78 is 1.15. The standard InChI is InChI=1S/C10H17N3O3/c1-6-7(2)10(16)13(12-9(6)15)5-8(14)4-11-3/h8,11,14H,4-5H2,1-3H3,(H,12,15). The fourth-order valence-electron chi connectivity index (χ4n) is 1.43. The van der Waals surface area contributed by atoms with E-state index in [9.17, 15) is 14.7 Å². The molecule has 1 aromatic rings. The molecular weight excluding hydrogens is 210 g/mol. The minimum Gasteiger partial charge on any atom is -0.390 e. The van der Waals surface area contributed by atoms with Gasteiger partial charge in [-0.25, -0.2) is 4.68 Å². The molecule has 6 nitrogen and oxygen atoms in total. The first-order chi connectivity index (χ1) is 7.47. The summed E-state index contributed by atoms with van der Waals surface area (Å²) in [7, 11) is 1.70. The Hall–Kier alpha value is -1.40. The minimum absolute atomic E-state index is 0.0794. The maximum absolute atomic E-state index is 11.7. The van der Waals surface area contributed by atoms with Crippen molar-refractivity contribution < 1.29 is 5.11 Å². The number of aliphatic hydroxyl groups excluding tert-OH is 1. The molecule has 1 unspecified atom stereocenters. The van der Waals surface area contributed by atoms with Gasteiger partial charge in [0, 0.05) is 17.7 Å². The molecule has 16 heavy (non-hydrogen) atoms. The fourth-order valence-corrected chi connectivity index (χ4v) is 1.43. The van der Waals surface area contributed by atoms with Gasteiger partial charge in [-0.1, -0.05) is 0 Å². The van der Waals surface area contributed by atoms with Crippen molar-refractivity contribution in [3.8, 4) is 0 Å². The van der Waals surface area contributed by atoms with E-state index in [-0.39, 0.29) is 17.7 Å². The minimum atomic E-state index is -0.708. The number of aromatic nitrogens is 2. The van der Waals surface area contributed by atoms with E-state index >= 15 is 0 Å². The smallest absolute Gasteiger partial charge is 0.268 e. The van der Waals surface area contributed by atoms with Crippen LogP contribution in [0.4, 0.5) is 0 Å². The van der Waals surface area contributed by atoms with Crippen LogP contribution in [0.5, 0.6) is 0 Å². The van der Waals surface area contributed by atoms with Crippen LogP contribution in [-0.4, -0.2) is 34.6 Å². The number of aromatic amines is 1. The van der Waals surface area contributed by atoms with Crippen LogP contribution in [0, 0.1) is 13.8 Å². The van der Waals surface area contributed by atoms with E-state index in [2.05, 4.69) is 10.4 Å². The molecule has 0 spiro atoms. The highest BCUT2D eigenvalue weighted by Crippen LogP contribution is 1.92. The molecule has 1 heterocycles. The Morgan fingerprint density at radius 1 is 1.38 bits per heavy atom. The molecule has 3 N–H and O–H groups in total. The molecule has 0 saturated carbocycles. The summed E-state index contributed by atoms with van der Waals surface area (Å²) >= 11 is 0. The normalized spacial score (nSPS) is 12.8. The zero-order valence-electron chi connectivity index (χ0n) is 9.70. The summed E-state index contributed by atoms with van der Waals surface area (Å²) in [6.07, 6.45) is -0.708. The molecule has 0 bridgehead atoms. The molecule has 90 valence electrons. The Kier molecular flexibility index (Phi) is 4.03.